The molecule has 2 aromatic carbocycles. The number of hydrogen-bond acceptors (Lipinski definition) is 7. The first kappa shape index (κ1) is 22.8. The molecule has 0 heterocycles. The van der Waals surface area contributed by atoms with Crippen LogP contribution in [0.3, 0.4) is 0 Å². The first-order valence-corrected chi connectivity index (χ1v) is 10.1. The van der Waals surface area contributed by atoms with E-state index in [1.807, 2.05) is 0 Å². The number of hydroxylamine groups is 1. The fourth-order valence-electron chi connectivity index (χ4n) is 2.37. The zero-order valence-electron chi connectivity index (χ0n) is 14.6. The molecule has 0 aromatic heterocycles. The number of rotatable bonds is 8. The van der Waals surface area contributed by atoms with Crippen LogP contribution >= 0.6 is 23.2 Å². The van der Waals surface area contributed by atoms with Crippen molar-refractivity contribution in [3.8, 4) is 5.75 Å². The molecule has 0 aliphatic heterocycles. The second kappa shape index (κ2) is 9.37. The van der Waals surface area contributed by atoms with E-state index >= 15 is 0 Å². The van der Waals surface area contributed by atoms with E-state index in [4.69, 9.17) is 28.4 Å². The summed E-state index contributed by atoms with van der Waals surface area (Å²) in [6.45, 7) is -0.641. The molecule has 156 valence electrons. The van der Waals surface area contributed by atoms with Crippen LogP contribution < -0.4 is 5.48 Å². The van der Waals surface area contributed by atoms with Crippen molar-refractivity contribution >= 4 is 44.8 Å². The quantitative estimate of drug-likeness (QED) is 0.309. The number of sulfonamides is 1. The van der Waals surface area contributed by atoms with Crippen LogP contribution in [-0.2, 0) is 21.4 Å². The van der Waals surface area contributed by atoms with E-state index in [0.29, 0.717) is 5.56 Å². The Bertz CT molecular complexity index is 1030. The van der Waals surface area contributed by atoms with Gasteiger partial charge >= 0.3 is 0 Å². The van der Waals surface area contributed by atoms with Crippen molar-refractivity contribution in [3.63, 3.8) is 0 Å². The van der Waals surface area contributed by atoms with Crippen LogP contribution in [0, 0.1) is 10.1 Å². The van der Waals surface area contributed by atoms with Crippen molar-refractivity contribution in [1.29, 1.82) is 0 Å². The van der Waals surface area contributed by atoms with Crippen LogP contribution in [0.5, 0.6) is 5.75 Å². The van der Waals surface area contributed by atoms with E-state index in [-0.39, 0.29) is 28.8 Å². The van der Waals surface area contributed by atoms with Crippen LogP contribution in [0.25, 0.3) is 0 Å². The molecule has 0 aliphatic carbocycles. The SMILES string of the molecule is O=C(CCN(Cc1ccc([N+](=O)[O-])cc1)S(=O)(=O)c1cc(Cl)cc(Cl)c1O)NO. The van der Waals surface area contributed by atoms with Gasteiger partial charge in [0.1, 0.15) is 4.90 Å². The summed E-state index contributed by atoms with van der Waals surface area (Å²) >= 11 is 11.7. The fraction of sp³-hybridized carbons (Fsp3) is 0.188. The summed E-state index contributed by atoms with van der Waals surface area (Å²) in [4.78, 5) is 21.0. The maximum Gasteiger partial charge on any atom is 0.269 e. The molecule has 1 amide bonds. The number of carbonyl (C=O) groups excluding carboxylic acids is 1. The van der Waals surface area contributed by atoms with Crippen LogP contribution in [0.15, 0.2) is 41.3 Å². The largest absolute Gasteiger partial charge is 0.505 e. The van der Waals surface area contributed by atoms with Crippen molar-refractivity contribution in [3.05, 3.63) is 62.1 Å². The summed E-state index contributed by atoms with van der Waals surface area (Å²) < 4.78 is 27.0. The number of non-ortho nitro benzene ring substituents is 1. The molecule has 0 saturated carbocycles. The van der Waals surface area contributed by atoms with Gasteiger partial charge in [-0.05, 0) is 17.7 Å². The Morgan fingerprint density at radius 3 is 2.38 bits per heavy atom. The number of nitro groups is 1. The zero-order valence-corrected chi connectivity index (χ0v) is 16.9. The van der Waals surface area contributed by atoms with Gasteiger partial charge in [0.25, 0.3) is 5.69 Å². The van der Waals surface area contributed by atoms with Crippen molar-refractivity contribution in [2.75, 3.05) is 6.54 Å². The normalized spacial score (nSPS) is 11.4. The Hall–Kier alpha value is -2.44. The maximum atomic E-state index is 13.1. The highest BCUT2D eigenvalue weighted by Gasteiger charge is 2.29. The highest BCUT2D eigenvalue weighted by atomic mass is 35.5. The number of phenols is 1. The average molecular weight is 464 g/mol. The van der Waals surface area contributed by atoms with E-state index in [2.05, 4.69) is 0 Å². The molecule has 0 atom stereocenters. The topological polar surface area (TPSA) is 150 Å². The number of amides is 1. The minimum atomic E-state index is -4.39. The van der Waals surface area contributed by atoms with E-state index in [0.717, 1.165) is 16.4 Å². The molecule has 3 N–H and O–H groups in total. The Morgan fingerprint density at radius 2 is 1.83 bits per heavy atom. The van der Waals surface area contributed by atoms with Gasteiger partial charge < -0.3 is 5.11 Å². The molecule has 29 heavy (non-hydrogen) atoms. The third-order valence-electron chi connectivity index (χ3n) is 3.83. The van der Waals surface area contributed by atoms with Crippen molar-refractivity contribution in [2.24, 2.45) is 0 Å². The van der Waals surface area contributed by atoms with Crippen molar-refractivity contribution in [2.45, 2.75) is 17.9 Å². The first-order valence-electron chi connectivity index (χ1n) is 7.90. The lowest BCUT2D eigenvalue weighted by Gasteiger charge is -2.23. The standard InChI is InChI=1S/C16H15Cl2N3O7S/c17-11-7-13(18)16(23)14(8-11)29(27,28)20(6-5-15(22)19-24)9-10-1-3-12(4-2-10)21(25)26/h1-4,7-8,23-24H,5-6,9H2,(H,19,22). The molecule has 10 nitrogen and oxygen atoms in total. The van der Waals surface area contributed by atoms with Gasteiger partial charge in [-0.1, -0.05) is 35.3 Å². The highest BCUT2D eigenvalue weighted by Crippen LogP contribution is 2.36. The molecule has 2 aromatic rings. The van der Waals surface area contributed by atoms with E-state index in [1.54, 1.807) is 0 Å². The second-order valence-electron chi connectivity index (χ2n) is 5.78. The summed E-state index contributed by atoms with van der Waals surface area (Å²) in [5.41, 5.74) is 1.60. The molecule has 2 rings (SSSR count). The summed E-state index contributed by atoms with van der Waals surface area (Å²) in [6, 6.07) is 7.29. The van der Waals surface area contributed by atoms with Gasteiger partial charge in [-0.15, -0.1) is 0 Å². The van der Waals surface area contributed by atoms with E-state index in [1.165, 1.54) is 29.7 Å². The van der Waals surface area contributed by atoms with Crippen molar-refractivity contribution < 1.29 is 28.4 Å². The van der Waals surface area contributed by atoms with Crippen LogP contribution in [0.1, 0.15) is 12.0 Å². The number of carbonyl (C=O) groups is 1. The smallest absolute Gasteiger partial charge is 0.269 e. The van der Waals surface area contributed by atoms with Gasteiger partial charge in [-0.25, -0.2) is 13.9 Å². The highest BCUT2D eigenvalue weighted by molar-refractivity contribution is 7.89. The summed E-state index contributed by atoms with van der Waals surface area (Å²) in [7, 11) is -4.39. The molecular weight excluding hydrogens is 449 g/mol. The number of phenolic OH excluding ortho intramolecular Hbond substituents is 1. The monoisotopic (exact) mass is 463 g/mol. The minimum Gasteiger partial charge on any atom is -0.505 e. The lowest BCUT2D eigenvalue weighted by molar-refractivity contribution is -0.384. The molecule has 0 bridgehead atoms. The number of hydrogen-bond donors (Lipinski definition) is 3. The molecule has 0 spiro atoms. The fourth-order valence-corrected chi connectivity index (χ4v) is 4.54. The van der Waals surface area contributed by atoms with Crippen LogP contribution in [0.2, 0.25) is 10.0 Å². The molecule has 0 fully saturated rings. The Labute approximate surface area is 175 Å². The molecule has 0 radical (unpaired) electrons. The second-order valence-corrected chi connectivity index (χ2v) is 8.53. The number of nitrogens with zero attached hydrogens (tertiary/aromatic N) is 2. The van der Waals surface area contributed by atoms with Gasteiger partial charge in [0.05, 0.1) is 9.95 Å². The Morgan fingerprint density at radius 1 is 1.21 bits per heavy atom. The Kier molecular flexibility index (Phi) is 7.38. The van der Waals surface area contributed by atoms with E-state index < -0.39 is 37.9 Å². The molecule has 13 heteroatoms. The summed E-state index contributed by atoms with van der Waals surface area (Å²) in [5, 5.41) is 29.2. The van der Waals surface area contributed by atoms with Gasteiger partial charge in [-0.3, -0.25) is 20.1 Å². The number of nitrogens with one attached hydrogen (secondary N) is 1. The third-order valence-corrected chi connectivity index (χ3v) is 6.19. The predicted octanol–water partition coefficient (Wildman–Crippen LogP) is 2.69. The van der Waals surface area contributed by atoms with Gasteiger partial charge in [0, 0.05) is 36.7 Å². The molecule has 0 aliphatic rings. The maximum absolute atomic E-state index is 13.1. The number of halogens is 2. The van der Waals surface area contributed by atoms with Gasteiger partial charge in [0.2, 0.25) is 15.9 Å². The summed E-state index contributed by atoms with van der Waals surface area (Å²) in [5.74, 6) is -1.54. The van der Waals surface area contributed by atoms with Gasteiger partial charge in [0.15, 0.2) is 5.75 Å². The lowest BCUT2D eigenvalue weighted by Crippen LogP contribution is -2.34. The van der Waals surface area contributed by atoms with E-state index in [9.17, 15) is 28.4 Å². The van der Waals surface area contributed by atoms with Gasteiger partial charge in [-0.2, -0.15) is 4.31 Å². The predicted molar refractivity (Wildman–Crippen MR) is 103 cm³/mol. The number of benzene rings is 2. The molecular formula is C16H15Cl2N3O7S. The molecule has 0 unspecified atom stereocenters. The van der Waals surface area contributed by atoms with Crippen LogP contribution in [-0.4, -0.2) is 40.4 Å². The summed E-state index contributed by atoms with van der Waals surface area (Å²) in [6.07, 6.45) is -0.391. The minimum absolute atomic E-state index is 0.0326. The molecule has 0 saturated heterocycles. The Balaban J connectivity index is 2.43. The number of nitro benzene ring substituents is 1. The van der Waals surface area contributed by atoms with Crippen molar-refractivity contribution in [1.82, 2.24) is 9.79 Å². The lowest BCUT2D eigenvalue weighted by atomic mass is 10.2. The van der Waals surface area contributed by atoms with Crippen LogP contribution in [0.4, 0.5) is 5.69 Å². The zero-order chi connectivity index (χ0) is 21.8. The average Bonchev–Trinajstić information content (AvgIpc) is 2.67. The number of aromatic hydroxyl groups is 1. The first-order chi connectivity index (χ1) is 13.6. The third kappa shape index (κ3) is 5.55.